The molecule has 0 saturated carbocycles. The molecular formula is C26H21F6NO2. The van der Waals surface area contributed by atoms with Crippen molar-refractivity contribution in [2.75, 3.05) is 0 Å². The summed E-state index contributed by atoms with van der Waals surface area (Å²) in [6.07, 6.45) is -8.02. The Kier molecular flexibility index (Phi) is 6.78. The number of carbonyl (C=O) groups is 1. The highest BCUT2D eigenvalue weighted by molar-refractivity contribution is 5.77. The van der Waals surface area contributed by atoms with Crippen LogP contribution in [0.25, 0.3) is 0 Å². The molecule has 0 unspecified atom stereocenters. The minimum Gasteiger partial charge on any atom is -0.489 e. The smallest absolute Gasteiger partial charge is 0.416 e. The number of benzene rings is 3. The molecule has 3 aromatic carbocycles. The summed E-state index contributed by atoms with van der Waals surface area (Å²) in [5, 5.41) is 0. The maximum absolute atomic E-state index is 12.8. The van der Waals surface area contributed by atoms with E-state index in [1.807, 2.05) is 6.07 Å². The number of rotatable bonds is 5. The van der Waals surface area contributed by atoms with Gasteiger partial charge >= 0.3 is 12.4 Å². The molecule has 0 spiro atoms. The van der Waals surface area contributed by atoms with Crippen molar-refractivity contribution >= 4 is 5.91 Å². The molecule has 0 N–H and O–H groups in total. The van der Waals surface area contributed by atoms with Crippen molar-refractivity contribution in [3.05, 3.63) is 100 Å². The van der Waals surface area contributed by atoms with Gasteiger partial charge in [-0.3, -0.25) is 4.79 Å². The van der Waals surface area contributed by atoms with Crippen molar-refractivity contribution in [3.8, 4) is 5.75 Å². The molecule has 184 valence electrons. The number of fused-ring (bicyclic) bond motifs is 1. The zero-order chi connectivity index (χ0) is 25.2. The Balaban J connectivity index is 1.44. The number of hydrogen-bond acceptors (Lipinski definition) is 2. The standard InChI is InChI=1S/C26H21F6NO2/c27-25(28,29)21-7-1-17(2-8-21)14-33-15-20-13-23(11-5-19(20)6-12-24(33)34)35-16-18-3-9-22(10-4-18)26(30,31)32/h1-5,7-11,13H,6,12,14-16H2. The van der Waals surface area contributed by atoms with E-state index >= 15 is 0 Å². The molecule has 0 aromatic heterocycles. The lowest BCUT2D eigenvalue weighted by Crippen LogP contribution is -2.28. The maximum Gasteiger partial charge on any atom is 0.416 e. The van der Waals surface area contributed by atoms with Gasteiger partial charge in [-0.15, -0.1) is 0 Å². The maximum atomic E-state index is 12.8. The second kappa shape index (κ2) is 9.64. The molecule has 1 aliphatic heterocycles. The first-order chi connectivity index (χ1) is 16.5. The molecule has 1 heterocycles. The van der Waals surface area contributed by atoms with E-state index in [0.717, 1.165) is 35.4 Å². The minimum atomic E-state index is -4.42. The van der Waals surface area contributed by atoms with Gasteiger partial charge in [-0.05, 0) is 65.1 Å². The SMILES string of the molecule is O=C1CCc2ccc(OCc3ccc(C(F)(F)F)cc3)cc2CN1Cc1ccc(C(F)(F)F)cc1. The summed E-state index contributed by atoms with van der Waals surface area (Å²) in [6.45, 7) is 0.519. The molecule has 1 amide bonds. The van der Waals surface area contributed by atoms with Crippen molar-refractivity contribution in [3.63, 3.8) is 0 Å². The molecule has 9 heteroatoms. The summed E-state index contributed by atoms with van der Waals surface area (Å²) in [5.41, 5.74) is 1.51. The van der Waals surface area contributed by atoms with Crippen LogP contribution in [0.2, 0.25) is 0 Å². The van der Waals surface area contributed by atoms with E-state index < -0.39 is 23.5 Å². The van der Waals surface area contributed by atoms with Crippen LogP contribution in [0.4, 0.5) is 26.3 Å². The Bertz CT molecular complexity index is 1180. The lowest BCUT2D eigenvalue weighted by atomic mass is 10.0. The Morgan fingerprint density at radius 3 is 1.86 bits per heavy atom. The van der Waals surface area contributed by atoms with Crippen LogP contribution in [-0.4, -0.2) is 10.8 Å². The van der Waals surface area contributed by atoms with Crippen LogP contribution in [0.1, 0.15) is 39.8 Å². The third kappa shape index (κ3) is 6.15. The molecule has 0 atom stereocenters. The highest BCUT2D eigenvalue weighted by Gasteiger charge is 2.31. The van der Waals surface area contributed by atoms with Crippen molar-refractivity contribution in [2.45, 2.75) is 44.9 Å². The number of carbonyl (C=O) groups excluding carboxylic acids is 1. The van der Waals surface area contributed by atoms with E-state index in [0.29, 0.717) is 23.3 Å². The first kappa shape index (κ1) is 24.6. The molecule has 35 heavy (non-hydrogen) atoms. The van der Waals surface area contributed by atoms with Gasteiger partial charge in [-0.1, -0.05) is 30.3 Å². The number of halogens is 6. The highest BCUT2D eigenvalue weighted by atomic mass is 19.4. The first-order valence-electron chi connectivity index (χ1n) is 10.8. The average Bonchev–Trinajstić information content (AvgIpc) is 2.95. The van der Waals surface area contributed by atoms with E-state index in [1.54, 1.807) is 17.0 Å². The second-order valence-electron chi connectivity index (χ2n) is 8.36. The molecule has 3 aromatic rings. The fourth-order valence-corrected chi connectivity index (χ4v) is 3.90. The van der Waals surface area contributed by atoms with Crippen LogP contribution in [-0.2, 0) is 43.3 Å². The third-order valence-corrected chi connectivity index (χ3v) is 5.84. The van der Waals surface area contributed by atoms with Crippen molar-refractivity contribution in [2.24, 2.45) is 0 Å². The van der Waals surface area contributed by atoms with Gasteiger partial charge in [-0.25, -0.2) is 0 Å². The molecule has 0 radical (unpaired) electrons. The Labute approximate surface area is 197 Å². The number of hydrogen-bond donors (Lipinski definition) is 0. The molecule has 3 nitrogen and oxygen atoms in total. The normalized spacial score (nSPS) is 14.5. The molecule has 0 saturated heterocycles. The molecular weight excluding hydrogens is 472 g/mol. The first-order valence-corrected chi connectivity index (χ1v) is 10.8. The second-order valence-corrected chi connectivity index (χ2v) is 8.36. The third-order valence-electron chi connectivity index (χ3n) is 5.84. The molecule has 4 rings (SSSR count). The Hall–Kier alpha value is -3.49. The highest BCUT2D eigenvalue weighted by Crippen LogP contribution is 2.31. The largest absolute Gasteiger partial charge is 0.489 e. The summed E-state index contributed by atoms with van der Waals surface area (Å²) in [7, 11) is 0. The number of nitrogens with zero attached hydrogens (tertiary/aromatic N) is 1. The van der Waals surface area contributed by atoms with Gasteiger partial charge in [0.15, 0.2) is 0 Å². The zero-order valence-corrected chi connectivity index (χ0v) is 18.4. The zero-order valence-electron chi connectivity index (χ0n) is 18.4. The summed E-state index contributed by atoms with van der Waals surface area (Å²) < 4.78 is 82.4. The van der Waals surface area contributed by atoms with Crippen molar-refractivity contribution in [1.29, 1.82) is 0 Å². The van der Waals surface area contributed by atoms with Gasteiger partial charge in [0, 0.05) is 19.5 Å². The number of aryl methyl sites for hydroxylation is 1. The number of amides is 1. The molecule has 0 fully saturated rings. The fourth-order valence-electron chi connectivity index (χ4n) is 3.90. The quantitative estimate of drug-likeness (QED) is 0.367. The fraction of sp³-hybridized carbons (Fsp3) is 0.269. The van der Waals surface area contributed by atoms with Crippen LogP contribution in [0, 0.1) is 0 Å². The topological polar surface area (TPSA) is 29.5 Å². The lowest BCUT2D eigenvalue weighted by Gasteiger charge is -2.22. The minimum absolute atomic E-state index is 0.0745. The van der Waals surface area contributed by atoms with Crippen molar-refractivity contribution < 1.29 is 35.9 Å². The number of ether oxygens (including phenoxy) is 1. The van der Waals surface area contributed by atoms with E-state index in [2.05, 4.69) is 0 Å². The van der Waals surface area contributed by atoms with Crippen LogP contribution in [0.15, 0.2) is 66.7 Å². The van der Waals surface area contributed by atoms with Gasteiger partial charge in [0.2, 0.25) is 5.91 Å². The van der Waals surface area contributed by atoms with Crippen LogP contribution in [0.5, 0.6) is 5.75 Å². The van der Waals surface area contributed by atoms with E-state index in [4.69, 9.17) is 4.74 Å². The molecule has 0 bridgehead atoms. The van der Waals surface area contributed by atoms with E-state index in [-0.39, 0.29) is 32.0 Å². The Morgan fingerprint density at radius 1 is 0.714 bits per heavy atom. The number of alkyl halides is 6. The average molecular weight is 493 g/mol. The van der Waals surface area contributed by atoms with Gasteiger partial charge < -0.3 is 9.64 Å². The predicted molar refractivity (Wildman–Crippen MR) is 116 cm³/mol. The summed E-state index contributed by atoms with van der Waals surface area (Å²) in [4.78, 5) is 14.2. The van der Waals surface area contributed by atoms with Crippen LogP contribution >= 0.6 is 0 Å². The van der Waals surface area contributed by atoms with E-state index in [9.17, 15) is 31.1 Å². The Morgan fingerprint density at radius 2 is 1.29 bits per heavy atom. The van der Waals surface area contributed by atoms with E-state index in [1.165, 1.54) is 24.3 Å². The lowest BCUT2D eigenvalue weighted by molar-refractivity contribution is -0.138. The van der Waals surface area contributed by atoms with Gasteiger partial charge in [0.25, 0.3) is 0 Å². The molecule has 0 aliphatic carbocycles. The monoisotopic (exact) mass is 493 g/mol. The van der Waals surface area contributed by atoms with Crippen LogP contribution in [0.3, 0.4) is 0 Å². The summed E-state index contributed by atoms with van der Waals surface area (Å²) >= 11 is 0. The predicted octanol–water partition coefficient (Wildman–Crippen LogP) is 6.78. The van der Waals surface area contributed by atoms with Gasteiger partial charge in [0.05, 0.1) is 11.1 Å². The van der Waals surface area contributed by atoms with Gasteiger partial charge in [0.1, 0.15) is 12.4 Å². The summed E-state index contributed by atoms with van der Waals surface area (Å²) in [6, 6.07) is 14.8. The van der Waals surface area contributed by atoms with Crippen molar-refractivity contribution in [1.82, 2.24) is 4.90 Å². The summed E-state index contributed by atoms with van der Waals surface area (Å²) in [5.74, 6) is 0.404. The van der Waals surface area contributed by atoms with Crippen LogP contribution < -0.4 is 4.74 Å². The molecule has 1 aliphatic rings. The van der Waals surface area contributed by atoms with Gasteiger partial charge in [-0.2, -0.15) is 26.3 Å².